The zero-order valence-corrected chi connectivity index (χ0v) is 12.6. The van der Waals surface area contributed by atoms with Gasteiger partial charge < -0.3 is 25.8 Å². The van der Waals surface area contributed by atoms with Crippen molar-refractivity contribution >= 4 is 11.9 Å². The van der Waals surface area contributed by atoms with Crippen LogP contribution in [0.5, 0.6) is 17.2 Å². The molecule has 1 aromatic rings. The van der Waals surface area contributed by atoms with E-state index in [1.807, 2.05) is 13.8 Å². The molecule has 22 heavy (non-hydrogen) atoms. The van der Waals surface area contributed by atoms with Crippen molar-refractivity contribution in [3.63, 3.8) is 0 Å². The molecule has 0 saturated carbocycles. The van der Waals surface area contributed by atoms with Crippen LogP contribution in [0.4, 0.5) is 0 Å². The Balaban J connectivity index is 2.85. The smallest absolute Gasteiger partial charge is 0.335 e. The highest BCUT2D eigenvalue weighted by Crippen LogP contribution is 2.37. The quantitative estimate of drug-likeness (QED) is 0.342. The van der Waals surface area contributed by atoms with Gasteiger partial charge in [-0.2, -0.15) is 0 Å². The molecule has 7 heteroatoms. The van der Waals surface area contributed by atoms with E-state index in [9.17, 15) is 19.8 Å². The van der Waals surface area contributed by atoms with Crippen LogP contribution in [0.1, 0.15) is 37.0 Å². The summed E-state index contributed by atoms with van der Waals surface area (Å²) < 4.78 is 4.96. The Bertz CT molecular complexity index is 555. The fraction of sp³-hybridized carbons (Fsp3) is 0.467. The molecule has 0 saturated heterocycles. The molecule has 1 unspecified atom stereocenters. The Kier molecular flexibility index (Phi) is 6.18. The first-order chi connectivity index (χ1) is 10.2. The number of carbonyl (C=O) groups is 2. The number of phenolic OH excluding ortho intramolecular Hbond substituents is 2. The third-order valence-corrected chi connectivity index (χ3v) is 3.12. The third-order valence-electron chi connectivity index (χ3n) is 3.12. The minimum Gasteiger partial charge on any atom is -0.504 e. The molecule has 0 aliphatic carbocycles. The van der Waals surface area contributed by atoms with Crippen molar-refractivity contribution in [1.29, 1.82) is 0 Å². The number of carboxylic acids is 1. The van der Waals surface area contributed by atoms with Crippen molar-refractivity contribution in [1.82, 2.24) is 0 Å². The van der Waals surface area contributed by atoms with E-state index in [0.717, 1.165) is 18.6 Å². The molecule has 0 aromatic heterocycles. The summed E-state index contributed by atoms with van der Waals surface area (Å²) in [7, 11) is 0. The number of benzene rings is 1. The van der Waals surface area contributed by atoms with Gasteiger partial charge in [0.1, 0.15) is 0 Å². The summed E-state index contributed by atoms with van der Waals surface area (Å²) in [5.74, 6) is -3.38. The van der Waals surface area contributed by atoms with Crippen molar-refractivity contribution in [3.05, 3.63) is 17.7 Å². The van der Waals surface area contributed by atoms with E-state index < -0.39 is 23.4 Å². The lowest BCUT2D eigenvalue weighted by Crippen LogP contribution is -2.22. The van der Waals surface area contributed by atoms with Gasteiger partial charge >= 0.3 is 11.9 Å². The zero-order valence-electron chi connectivity index (χ0n) is 12.6. The van der Waals surface area contributed by atoms with E-state index in [-0.39, 0.29) is 23.7 Å². The summed E-state index contributed by atoms with van der Waals surface area (Å²) in [6.45, 7) is 4.34. The van der Waals surface area contributed by atoms with Gasteiger partial charge in [-0.3, -0.25) is 4.79 Å². The van der Waals surface area contributed by atoms with Gasteiger partial charge in [0.05, 0.1) is 5.56 Å². The van der Waals surface area contributed by atoms with E-state index in [4.69, 9.17) is 15.6 Å². The maximum atomic E-state index is 11.9. The number of carbonyl (C=O) groups excluding carboxylic acids is 1. The minimum absolute atomic E-state index is 0.0478. The highest BCUT2D eigenvalue weighted by Gasteiger charge is 2.20. The van der Waals surface area contributed by atoms with E-state index in [1.165, 1.54) is 0 Å². The highest BCUT2D eigenvalue weighted by molar-refractivity contribution is 5.89. The normalized spacial score (nSPS) is 12.2. The van der Waals surface area contributed by atoms with Gasteiger partial charge in [-0.25, -0.2) is 4.79 Å². The fourth-order valence-electron chi connectivity index (χ4n) is 2.12. The largest absolute Gasteiger partial charge is 0.504 e. The molecule has 0 heterocycles. The van der Waals surface area contributed by atoms with Crippen LogP contribution >= 0.6 is 0 Å². The number of esters is 1. The first-order valence-electron chi connectivity index (χ1n) is 6.94. The third kappa shape index (κ3) is 4.92. The molecule has 7 nitrogen and oxygen atoms in total. The van der Waals surface area contributed by atoms with Crippen LogP contribution in [-0.4, -0.2) is 33.8 Å². The van der Waals surface area contributed by atoms with Crippen molar-refractivity contribution in [2.75, 3.05) is 6.54 Å². The molecule has 5 N–H and O–H groups in total. The Morgan fingerprint density at radius 1 is 1.27 bits per heavy atom. The molecular weight excluding hydrogens is 290 g/mol. The summed E-state index contributed by atoms with van der Waals surface area (Å²) >= 11 is 0. The van der Waals surface area contributed by atoms with Gasteiger partial charge in [-0.05, 0) is 36.9 Å². The van der Waals surface area contributed by atoms with Gasteiger partial charge in [-0.1, -0.05) is 13.8 Å². The molecule has 0 spiro atoms. The second-order valence-electron chi connectivity index (χ2n) is 5.56. The first-order valence-corrected chi connectivity index (χ1v) is 6.94. The lowest BCUT2D eigenvalue weighted by atomic mass is 9.94. The molecular formula is C15H21NO6. The average Bonchev–Trinajstić information content (AvgIpc) is 2.42. The molecule has 1 rings (SSSR count). The molecule has 0 amide bonds. The SMILES string of the molecule is CC(C)CC(CN)CC(=O)Oc1cc(C(=O)O)cc(O)c1O. The van der Waals surface area contributed by atoms with Crippen molar-refractivity contribution in [3.8, 4) is 17.2 Å². The van der Waals surface area contributed by atoms with Crippen LogP contribution < -0.4 is 10.5 Å². The molecule has 0 radical (unpaired) electrons. The number of nitrogens with two attached hydrogens (primary N) is 1. The summed E-state index contributed by atoms with van der Waals surface area (Å²) in [5, 5.41) is 28.0. The van der Waals surface area contributed by atoms with Crippen LogP contribution in [0.15, 0.2) is 12.1 Å². The van der Waals surface area contributed by atoms with Gasteiger partial charge in [0, 0.05) is 6.42 Å². The van der Waals surface area contributed by atoms with Gasteiger partial charge in [0.15, 0.2) is 11.5 Å². The van der Waals surface area contributed by atoms with Crippen LogP contribution in [0, 0.1) is 11.8 Å². The Hall–Kier alpha value is -2.28. The van der Waals surface area contributed by atoms with E-state index >= 15 is 0 Å². The zero-order chi connectivity index (χ0) is 16.9. The molecule has 0 aliphatic rings. The number of ether oxygens (including phenoxy) is 1. The number of hydrogen-bond donors (Lipinski definition) is 4. The number of carboxylic acid groups (broad SMARTS) is 1. The molecule has 0 fully saturated rings. The summed E-state index contributed by atoms with van der Waals surface area (Å²) in [5.41, 5.74) is 5.31. The van der Waals surface area contributed by atoms with Gasteiger partial charge in [0.25, 0.3) is 0 Å². The van der Waals surface area contributed by atoms with Crippen LogP contribution in [0.3, 0.4) is 0 Å². The van der Waals surface area contributed by atoms with Crippen molar-refractivity contribution < 1.29 is 29.6 Å². The standard InChI is InChI=1S/C15H21NO6/c1-8(2)3-9(7-16)4-13(18)22-12-6-10(15(20)21)5-11(17)14(12)19/h5-6,8-9,17,19H,3-4,7,16H2,1-2H3,(H,20,21). The average molecular weight is 311 g/mol. The van der Waals surface area contributed by atoms with E-state index in [0.29, 0.717) is 12.5 Å². The number of aromatic hydroxyl groups is 2. The number of rotatable bonds is 7. The maximum absolute atomic E-state index is 11.9. The molecule has 122 valence electrons. The number of phenols is 2. The monoisotopic (exact) mass is 311 g/mol. The topological polar surface area (TPSA) is 130 Å². The van der Waals surface area contributed by atoms with Crippen LogP contribution in [-0.2, 0) is 4.79 Å². The number of hydrogen-bond acceptors (Lipinski definition) is 6. The fourth-order valence-corrected chi connectivity index (χ4v) is 2.12. The van der Waals surface area contributed by atoms with Crippen molar-refractivity contribution in [2.24, 2.45) is 17.6 Å². The predicted octanol–water partition coefficient (Wildman–Crippen LogP) is 1.71. The van der Waals surface area contributed by atoms with Crippen LogP contribution in [0.2, 0.25) is 0 Å². The molecule has 0 aliphatic heterocycles. The Labute approximate surface area is 128 Å². The second-order valence-corrected chi connectivity index (χ2v) is 5.56. The Morgan fingerprint density at radius 2 is 1.91 bits per heavy atom. The minimum atomic E-state index is -1.31. The lowest BCUT2D eigenvalue weighted by Gasteiger charge is -2.16. The highest BCUT2D eigenvalue weighted by atomic mass is 16.5. The van der Waals surface area contributed by atoms with Crippen molar-refractivity contribution in [2.45, 2.75) is 26.7 Å². The van der Waals surface area contributed by atoms with E-state index in [2.05, 4.69) is 0 Å². The Morgan fingerprint density at radius 3 is 2.41 bits per heavy atom. The molecule has 0 bridgehead atoms. The van der Waals surface area contributed by atoms with Gasteiger partial charge in [-0.15, -0.1) is 0 Å². The number of aromatic carboxylic acids is 1. The maximum Gasteiger partial charge on any atom is 0.335 e. The predicted molar refractivity (Wildman–Crippen MR) is 79.0 cm³/mol. The molecule has 1 atom stereocenters. The second kappa shape index (κ2) is 7.65. The summed E-state index contributed by atoms with van der Waals surface area (Å²) in [6.07, 6.45) is 0.796. The summed E-state index contributed by atoms with van der Waals surface area (Å²) in [4.78, 5) is 22.8. The molecule has 1 aromatic carbocycles. The lowest BCUT2D eigenvalue weighted by molar-refractivity contribution is -0.135. The van der Waals surface area contributed by atoms with Crippen LogP contribution in [0.25, 0.3) is 0 Å². The van der Waals surface area contributed by atoms with E-state index in [1.54, 1.807) is 0 Å². The van der Waals surface area contributed by atoms with Gasteiger partial charge in [0.2, 0.25) is 5.75 Å². The summed E-state index contributed by atoms with van der Waals surface area (Å²) in [6, 6.07) is 1.85. The first kappa shape index (κ1) is 17.8.